The van der Waals surface area contributed by atoms with Crippen LogP contribution in [0.1, 0.15) is 24.8 Å². The molecule has 4 aromatic rings. The number of rotatable bonds is 11. The Labute approximate surface area is 237 Å². The Kier molecular flexibility index (Phi) is 9.23. The Morgan fingerprint density at radius 1 is 1.02 bits per heavy atom. The van der Waals surface area contributed by atoms with E-state index in [9.17, 15) is 9.18 Å². The monoisotopic (exact) mass is 557 g/mol. The summed E-state index contributed by atoms with van der Waals surface area (Å²) in [5.74, 6) is 0.884. The van der Waals surface area contributed by atoms with Crippen molar-refractivity contribution >= 4 is 28.8 Å². The van der Waals surface area contributed by atoms with Crippen LogP contribution in [0, 0.1) is 5.82 Å². The molecule has 0 atom stereocenters. The highest BCUT2D eigenvalue weighted by Crippen LogP contribution is 2.38. The molecule has 10 heteroatoms. The fraction of sp³-hybridized carbons (Fsp3) is 0.258. The van der Waals surface area contributed by atoms with Gasteiger partial charge in [0, 0.05) is 35.9 Å². The van der Waals surface area contributed by atoms with Gasteiger partial charge in [-0.05, 0) is 62.2 Å². The van der Waals surface area contributed by atoms with Crippen LogP contribution in [-0.4, -0.2) is 55.5 Å². The van der Waals surface area contributed by atoms with E-state index < -0.39 is 11.8 Å². The SMILES string of the molecule is COc1cc2c(Oc3ccc(NC(=O)N/N=C/c4ccccc4)cc3F)ccnc2cc1OCCCN1CCCC1. The Hall–Kier alpha value is -4.70. The fourth-order valence-corrected chi connectivity index (χ4v) is 4.61. The molecule has 1 fully saturated rings. The summed E-state index contributed by atoms with van der Waals surface area (Å²) in [5.41, 5.74) is 4.06. The van der Waals surface area contributed by atoms with Gasteiger partial charge in [0.2, 0.25) is 0 Å². The maximum atomic E-state index is 15.0. The van der Waals surface area contributed by atoms with Gasteiger partial charge in [0.15, 0.2) is 23.1 Å². The molecule has 2 N–H and O–H groups in total. The summed E-state index contributed by atoms with van der Waals surface area (Å²) in [7, 11) is 1.57. The number of hydrogen-bond donors (Lipinski definition) is 2. The normalized spacial score (nSPS) is 13.4. The Morgan fingerprint density at radius 2 is 1.85 bits per heavy atom. The van der Waals surface area contributed by atoms with Crippen molar-refractivity contribution in [3.8, 4) is 23.0 Å². The van der Waals surface area contributed by atoms with Crippen molar-refractivity contribution in [3.63, 3.8) is 0 Å². The van der Waals surface area contributed by atoms with E-state index in [2.05, 4.69) is 25.7 Å². The molecule has 1 aliphatic heterocycles. The molecule has 1 aromatic heterocycles. The van der Waals surface area contributed by atoms with Gasteiger partial charge in [0.25, 0.3) is 0 Å². The second-order valence-corrected chi connectivity index (χ2v) is 9.56. The van der Waals surface area contributed by atoms with Gasteiger partial charge in [0.1, 0.15) is 5.75 Å². The summed E-state index contributed by atoms with van der Waals surface area (Å²) in [6.45, 7) is 3.90. The third-order valence-corrected chi connectivity index (χ3v) is 6.65. The minimum absolute atomic E-state index is 0.00763. The second kappa shape index (κ2) is 13.6. The van der Waals surface area contributed by atoms with Gasteiger partial charge in [0.05, 0.1) is 25.4 Å². The number of hydrazone groups is 1. The fourth-order valence-electron chi connectivity index (χ4n) is 4.61. The van der Waals surface area contributed by atoms with Gasteiger partial charge in [-0.2, -0.15) is 5.10 Å². The van der Waals surface area contributed by atoms with Crippen LogP contribution in [-0.2, 0) is 0 Å². The molecular formula is C31H32FN5O4. The van der Waals surface area contributed by atoms with Crippen LogP contribution in [0.4, 0.5) is 14.9 Å². The van der Waals surface area contributed by atoms with Crippen LogP contribution in [0.5, 0.6) is 23.0 Å². The quantitative estimate of drug-likeness (QED) is 0.130. The van der Waals surface area contributed by atoms with Gasteiger partial charge in [-0.15, -0.1) is 0 Å². The van der Waals surface area contributed by atoms with Crippen molar-refractivity contribution in [2.24, 2.45) is 5.10 Å². The maximum absolute atomic E-state index is 15.0. The highest BCUT2D eigenvalue weighted by Gasteiger charge is 2.15. The molecule has 0 spiro atoms. The van der Waals surface area contributed by atoms with Gasteiger partial charge in [-0.3, -0.25) is 4.98 Å². The average Bonchev–Trinajstić information content (AvgIpc) is 3.51. The van der Waals surface area contributed by atoms with Crippen molar-refractivity contribution in [2.45, 2.75) is 19.3 Å². The first-order valence-electron chi connectivity index (χ1n) is 13.5. The molecule has 9 nitrogen and oxygen atoms in total. The largest absolute Gasteiger partial charge is 0.493 e. The second-order valence-electron chi connectivity index (χ2n) is 9.56. The molecule has 1 aliphatic rings. The highest BCUT2D eigenvalue weighted by atomic mass is 19.1. The third-order valence-electron chi connectivity index (χ3n) is 6.65. The van der Waals surface area contributed by atoms with E-state index in [4.69, 9.17) is 14.2 Å². The minimum Gasteiger partial charge on any atom is -0.493 e. The Bertz CT molecular complexity index is 1510. The molecule has 0 unspecified atom stereocenters. The van der Waals surface area contributed by atoms with E-state index in [1.54, 1.807) is 31.5 Å². The smallest absolute Gasteiger partial charge is 0.339 e. The summed E-state index contributed by atoms with van der Waals surface area (Å²) >= 11 is 0. The van der Waals surface area contributed by atoms with Crippen molar-refractivity contribution < 1.29 is 23.4 Å². The van der Waals surface area contributed by atoms with Crippen LogP contribution in [0.25, 0.3) is 10.9 Å². The lowest BCUT2D eigenvalue weighted by Crippen LogP contribution is -2.24. The number of carbonyl (C=O) groups is 1. The van der Waals surface area contributed by atoms with E-state index in [-0.39, 0.29) is 11.4 Å². The van der Waals surface area contributed by atoms with E-state index in [0.717, 1.165) is 31.6 Å². The Morgan fingerprint density at radius 3 is 2.63 bits per heavy atom. The van der Waals surface area contributed by atoms with E-state index in [1.165, 1.54) is 37.3 Å². The first kappa shape index (κ1) is 27.9. The lowest BCUT2D eigenvalue weighted by Gasteiger charge is -2.16. The molecule has 2 amide bonds. The van der Waals surface area contributed by atoms with Crippen LogP contribution in [0.3, 0.4) is 0 Å². The minimum atomic E-state index is -0.648. The number of carbonyl (C=O) groups excluding carboxylic acids is 1. The molecule has 3 aromatic carbocycles. The highest BCUT2D eigenvalue weighted by molar-refractivity contribution is 5.91. The number of nitrogens with one attached hydrogen (secondary N) is 2. The molecule has 1 saturated heterocycles. The number of nitrogens with zero attached hydrogens (tertiary/aromatic N) is 3. The number of ether oxygens (including phenoxy) is 3. The number of fused-ring (bicyclic) bond motifs is 1. The lowest BCUT2D eigenvalue weighted by atomic mass is 10.1. The predicted octanol–water partition coefficient (Wildman–Crippen LogP) is 6.20. The number of hydrogen-bond acceptors (Lipinski definition) is 7. The molecule has 0 bridgehead atoms. The third kappa shape index (κ3) is 7.49. The number of halogens is 1. The predicted molar refractivity (Wildman–Crippen MR) is 157 cm³/mol. The number of amides is 2. The summed E-state index contributed by atoms with van der Waals surface area (Å²) in [5, 5.41) is 7.08. The molecule has 0 radical (unpaired) electrons. The zero-order valence-corrected chi connectivity index (χ0v) is 22.8. The van der Waals surface area contributed by atoms with Gasteiger partial charge < -0.3 is 24.4 Å². The van der Waals surface area contributed by atoms with Crippen LogP contribution < -0.4 is 25.0 Å². The summed E-state index contributed by atoms with van der Waals surface area (Å²) < 4.78 is 32.5. The van der Waals surface area contributed by atoms with E-state index in [1.807, 2.05) is 30.3 Å². The topological polar surface area (TPSA) is 97.3 Å². The lowest BCUT2D eigenvalue weighted by molar-refractivity contribution is 0.252. The van der Waals surface area contributed by atoms with Crippen LogP contribution in [0.2, 0.25) is 0 Å². The number of urea groups is 1. The van der Waals surface area contributed by atoms with Gasteiger partial charge in [-0.25, -0.2) is 14.6 Å². The van der Waals surface area contributed by atoms with Gasteiger partial charge in [-0.1, -0.05) is 30.3 Å². The number of benzene rings is 3. The summed E-state index contributed by atoms with van der Waals surface area (Å²) in [6, 6.07) is 18.1. The standard InChI is InChI=1S/C31H32FN5O4/c1-39-29-19-24-26(20-30(29)40-17-7-16-37-14-5-6-15-37)33-13-12-27(24)41-28-11-10-23(18-25(28)32)35-31(38)36-34-21-22-8-3-2-4-9-22/h2-4,8-13,18-21H,5-7,14-17H2,1H3,(H2,35,36,38)/b34-21+. The first-order valence-corrected chi connectivity index (χ1v) is 13.5. The van der Waals surface area contributed by atoms with Crippen LogP contribution in [0.15, 0.2) is 78.0 Å². The molecular weight excluding hydrogens is 525 g/mol. The van der Waals surface area contributed by atoms with Crippen molar-refractivity contribution in [1.82, 2.24) is 15.3 Å². The molecule has 0 saturated carbocycles. The number of likely N-dealkylation sites (tertiary alicyclic amines) is 1. The van der Waals surface area contributed by atoms with Crippen LogP contribution >= 0.6 is 0 Å². The van der Waals surface area contributed by atoms with Gasteiger partial charge >= 0.3 is 6.03 Å². The Balaban J connectivity index is 1.22. The molecule has 2 heterocycles. The molecule has 5 rings (SSSR count). The molecule has 0 aliphatic carbocycles. The van der Waals surface area contributed by atoms with E-state index >= 15 is 0 Å². The van der Waals surface area contributed by atoms with E-state index in [0.29, 0.717) is 34.8 Å². The van der Waals surface area contributed by atoms with Crippen molar-refractivity contribution in [1.29, 1.82) is 0 Å². The molecule has 212 valence electrons. The van der Waals surface area contributed by atoms with Crippen molar-refractivity contribution in [3.05, 3.63) is 84.3 Å². The molecule has 41 heavy (non-hydrogen) atoms. The summed E-state index contributed by atoms with van der Waals surface area (Å²) in [4.78, 5) is 19.0. The first-order chi connectivity index (χ1) is 20.1. The zero-order chi connectivity index (χ0) is 28.4. The number of aromatic nitrogens is 1. The number of anilines is 1. The summed E-state index contributed by atoms with van der Waals surface area (Å²) in [6.07, 6.45) is 6.56. The zero-order valence-electron chi connectivity index (χ0n) is 22.8. The van der Waals surface area contributed by atoms with Crippen molar-refractivity contribution in [2.75, 3.05) is 38.7 Å². The number of pyridine rings is 1. The maximum Gasteiger partial charge on any atom is 0.339 e. The number of methoxy groups -OCH3 is 1. The average molecular weight is 558 g/mol.